The summed E-state index contributed by atoms with van der Waals surface area (Å²) in [6.07, 6.45) is 6.51. The molecule has 3 atom stereocenters. The lowest BCUT2D eigenvalue weighted by molar-refractivity contribution is -0.120. The summed E-state index contributed by atoms with van der Waals surface area (Å²) in [5.41, 5.74) is 3.63. The second kappa shape index (κ2) is 11.0. The van der Waals surface area contributed by atoms with Gasteiger partial charge in [0.15, 0.2) is 0 Å². The van der Waals surface area contributed by atoms with Gasteiger partial charge in [-0.25, -0.2) is 22.5 Å². The van der Waals surface area contributed by atoms with E-state index in [0.29, 0.717) is 17.1 Å². The Morgan fingerprint density at radius 2 is 1.95 bits per heavy atom. The van der Waals surface area contributed by atoms with Gasteiger partial charge in [-0.2, -0.15) is 0 Å². The highest BCUT2D eigenvalue weighted by molar-refractivity contribution is 7.89. The molecular formula is C31H30ClFN4O3S. The van der Waals surface area contributed by atoms with E-state index in [2.05, 4.69) is 9.71 Å². The maximum absolute atomic E-state index is 14.0. The number of sulfonamides is 1. The summed E-state index contributed by atoms with van der Waals surface area (Å²) in [5.74, 6) is 0.0743. The Balaban J connectivity index is 1.31. The molecular weight excluding hydrogens is 563 g/mol. The lowest BCUT2D eigenvalue weighted by Crippen LogP contribution is -2.34. The highest BCUT2D eigenvalue weighted by atomic mass is 35.5. The molecule has 6 rings (SSSR count). The van der Waals surface area contributed by atoms with Gasteiger partial charge in [-0.15, -0.1) is 0 Å². The van der Waals surface area contributed by atoms with Gasteiger partial charge in [-0.1, -0.05) is 35.9 Å². The fraction of sp³-hybridized carbons (Fsp3) is 0.290. The van der Waals surface area contributed by atoms with E-state index in [4.69, 9.17) is 11.6 Å². The number of hydrogen-bond acceptors (Lipinski definition) is 4. The van der Waals surface area contributed by atoms with Crippen molar-refractivity contribution in [2.45, 2.75) is 49.1 Å². The van der Waals surface area contributed by atoms with Crippen molar-refractivity contribution in [3.8, 4) is 0 Å². The van der Waals surface area contributed by atoms with Crippen LogP contribution < -0.4 is 9.62 Å². The van der Waals surface area contributed by atoms with Crippen LogP contribution in [0.15, 0.2) is 84.0 Å². The van der Waals surface area contributed by atoms with E-state index in [-0.39, 0.29) is 29.2 Å². The highest BCUT2D eigenvalue weighted by Gasteiger charge is 2.46. The monoisotopic (exact) mass is 592 g/mol. The molecule has 1 amide bonds. The van der Waals surface area contributed by atoms with Crippen molar-refractivity contribution in [2.75, 3.05) is 4.90 Å². The lowest BCUT2D eigenvalue weighted by atomic mass is 9.87. The first kappa shape index (κ1) is 27.6. The summed E-state index contributed by atoms with van der Waals surface area (Å²) >= 11 is 6.07. The van der Waals surface area contributed by atoms with Gasteiger partial charge >= 0.3 is 0 Å². The number of halogens is 2. The van der Waals surface area contributed by atoms with Gasteiger partial charge in [-0.3, -0.25) is 4.79 Å². The lowest BCUT2D eigenvalue weighted by Gasteiger charge is -2.29. The molecule has 1 heterocycles. The Labute approximate surface area is 244 Å². The predicted molar refractivity (Wildman–Crippen MR) is 156 cm³/mol. The number of benzene rings is 3. The van der Waals surface area contributed by atoms with Gasteiger partial charge in [0.1, 0.15) is 11.6 Å². The molecule has 0 saturated heterocycles. The summed E-state index contributed by atoms with van der Waals surface area (Å²) in [5, 5.41) is 0.658. The number of aryl methyl sites for hydroxylation is 2. The van der Waals surface area contributed by atoms with Crippen LogP contribution in [0, 0.1) is 11.7 Å². The third-order valence-corrected chi connectivity index (χ3v) is 9.77. The average molecular weight is 593 g/mol. The quantitative estimate of drug-likeness (QED) is 0.276. The number of anilines is 1. The summed E-state index contributed by atoms with van der Waals surface area (Å²) in [4.78, 5) is 20.1. The van der Waals surface area contributed by atoms with Crippen LogP contribution in [-0.2, 0) is 34.8 Å². The highest BCUT2D eigenvalue weighted by Crippen LogP contribution is 2.49. The average Bonchev–Trinajstić information content (AvgIpc) is 3.66. The Bertz CT molecular complexity index is 1710. The molecule has 212 valence electrons. The third kappa shape index (κ3) is 5.80. The fourth-order valence-corrected chi connectivity index (χ4v) is 7.11. The molecule has 1 aromatic heterocycles. The van der Waals surface area contributed by atoms with Gasteiger partial charge in [-0.05, 0) is 90.8 Å². The first-order valence-corrected chi connectivity index (χ1v) is 15.5. The Hall–Kier alpha value is -3.53. The number of hydrogen-bond donors (Lipinski definition) is 1. The number of nitrogens with one attached hydrogen (secondary N) is 1. The minimum Gasteiger partial charge on any atom is -0.337 e. The zero-order valence-electron chi connectivity index (χ0n) is 22.5. The van der Waals surface area contributed by atoms with Crippen LogP contribution >= 0.6 is 11.6 Å². The van der Waals surface area contributed by atoms with Crippen molar-refractivity contribution in [1.29, 1.82) is 0 Å². The molecule has 0 bridgehead atoms. The minimum absolute atomic E-state index is 0.000556. The number of imidazole rings is 1. The molecule has 0 aliphatic heterocycles. The van der Waals surface area contributed by atoms with Crippen LogP contribution in [-0.4, -0.2) is 23.9 Å². The third-order valence-electron chi connectivity index (χ3n) is 8.05. The molecule has 41 heavy (non-hydrogen) atoms. The van der Waals surface area contributed by atoms with E-state index in [1.807, 2.05) is 60.3 Å². The van der Waals surface area contributed by atoms with E-state index in [9.17, 15) is 17.6 Å². The van der Waals surface area contributed by atoms with E-state index in [1.54, 1.807) is 11.1 Å². The summed E-state index contributed by atoms with van der Waals surface area (Å²) in [6, 6.07) is 18.0. The van der Waals surface area contributed by atoms with Gasteiger partial charge in [0, 0.05) is 42.1 Å². The van der Waals surface area contributed by atoms with Gasteiger partial charge in [0.25, 0.3) is 0 Å². The Morgan fingerprint density at radius 1 is 1.15 bits per heavy atom. The first-order valence-electron chi connectivity index (χ1n) is 13.6. The standard InChI is InChI=1S/C31H30ClFN4O3S/c1-36-15-14-34-30(36)19-37(31(38)28-18-26(28)21-8-11-22(32)12-9-21)24-13-10-20-4-2-7-29(27(20)17-24)35-41(39,40)25-6-3-5-23(33)16-25/h3,5-6,8-17,26,28-29,35H,2,4,7,18-19H2,1H3/t26-,28?,29+/m1/s1. The number of fused-ring (bicyclic) bond motifs is 1. The summed E-state index contributed by atoms with van der Waals surface area (Å²) in [7, 11) is -2.07. The van der Waals surface area contributed by atoms with Crippen molar-refractivity contribution in [3.63, 3.8) is 0 Å². The van der Waals surface area contributed by atoms with E-state index in [1.165, 1.54) is 18.2 Å². The SMILES string of the molecule is Cn1ccnc1CN(C(=O)C1C[C@@H]1c1ccc(Cl)cc1)c1ccc2c(c1)[C@@H](NS(=O)(=O)c1cccc(F)c1)CCC2. The molecule has 7 nitrogen and oxygen atoms in total. The van der Waals surface area contributed by atoms with Crippen LogP contribution in [0.3, 0.4) is 0 Å². The predicted octanol–water partition coefficient (Wildman–Crippen LogP) is 5.91. The smallest absolute Gasteiger partial charge is 0.241 e. The van der Waals surface area contributed by atoms with Crippen LogP contribution in [0.2, 0.25) is 5.02 Å². The second-order valence-corrected chi connectivity index (χ2v) is 12.9. The van der Waals surface area contributed by atoms with Crippen LogP contribution in [0.1, 0.15) is 53.7 Å². The summed E-state index contributed by atoms with van der Waals surface area (Å²) in [6.45, 7) is 0.282. The number of rotatable bonds is 8. The number of carbonyl (C=O) groups is 1. The van der Waals surface area contributed by atoms with Crippen molar-refractivity contribution in [1.82, 2.24) is 14.3 Å². The Kier molecular flexibility index (Phi) is 7.44. The van der Waals surface area contributed by atoms with Crippen molar-refractivity contribution in [3.05, 3.63) is 112 Å². The van der Waals surface area contributed by atoms with Crippen LogP contribution in [0.5, 0.6) is 0 Å². The maximum Gasteiger partial charge on any atom is 0.241 e. The number of amides is 1. The van der Waals surface area contributed by atoms with Crippen molar-refractivity contribution >= 4 is 33.2 Å². The van der Waals surface area contributed by atoms with Gasteiger partial charge < -0.3 is 9.47 Å². The molecule has 1 unspecified atom stereocenters. The topological polar surface area (TPSA) is 84.3 Å². The molecule has 2 aliphatic carbocycles. The molecule has 3 aromatic carbocycles. The maximum atomic E-state index is 14.0. The van der Waals surface area contributed by atoms with Crippen LogP contribution in [0.4, 0.5) is 10.1 Å². The molecule has 1 fully saturated rings. The normalized spacial score (nSPS) is 19.9. The van der Waals surface area contributed by atoms with Crippen molar-refractivity contribution in [2.24, 2.45) is 13.0 Å². The minimum atomic E-state index is -3.96. The molecule has 1 saturated carbocycles. The molecule has 0 spiro atoms. The molecule has 10 heteroatoms. The van der Waals surface area contributed by atoms with E-state index in [0.717, 1.165) is 47.8 Å². The number of carbonyl (C=O) groups excluding carboxylic acids is 1. The van der Waals surface area contributed by atoms with Gasteiger partial charge in [0.05, 0.1) is 11.4 Å². The zero-order valence-corrected chi connectivity index (χ0v) is 24.1. The van der Waals surface area contributed by atoms with Gasteiger partial charge in [0.2, 0.25) is 15.9 Å². The first-order chi connectivity index (χ1) is 19.7. The molecule has 0 radical (unpaired) electrons. The Morgan fingerprint density at radius 3 is 2.68 bits per heavy atom. The summed E-state index contributed by atoms with van der Waals surface area (Å²) < 4.78 is 44.8. The number of aromatic nitrogens is 2. The van der Waals surface area contributed by atoms with E-state index >= 15 is 0 Å². The molecule has 4 aromatic rings. The van der Waals surface area contributed by atoms with Crippen molar-refractivity contribution < 1.29 is 17.6 Å². The molecule has 1 N–H and O–H groups in total. The zero-order chi connectivity index (χ0) is 28.7. The fourth-order valence-electron chi connectivity index (χ4n) is 5.70. The van der Waals surface area contributed by atoms with Crippen LogP contribution in [0.25, 0.3) is 0 Å². The van der Waals surface area contributed by atoms with E-state index < -0.39 is 21.9 Å². The second-order valence-electron chi connectivity index (χ2n) is 10.8. The number of nitrogens with zero attached hydrogens (tertiary/aromatic N) is 3. The molecule has 2 aliphatic rings. The largest absolute Gasteiger partial charge is 0.337 e.